The van der Waals surface area contributed by atoms with Crippen LogP contribution in [0.2, 0.25) is 0 Å². The van der Waals surface area contributed by atoms with E-state index in [-0.39, 0.29) is 10.8 Å². The number of rotatable bonds is 5. The second-order valence-electron chi connectivity index (χ2n) is 6.78. The van der Waals surface area contributed by atoms with Crippen molar-refractivity contribution in [1.82, 2.24) is 24.5 Å². The van der Waals surface area contributed by atoms with Crippen LogP contribution in [0.1, 0.15) is 12.8 Å². The van der Waals surface area contributed by atoms with E-state index in [9.17, 15) is 13.2 Å². The summed E-state index contributed by atoms with van der Waals surface area (Å²) in [5.41, 5.74) is 1.30. The number of nitrogens with zero attached hydrogens (tertiary/aromatic N) is 5. The molecule has 1 atom stereocenters. The van der Waals surface area contributed by atoms with Crippen molar-refractivity contribution in [3.63, 3.8) is 0 Å². The van der Waals surface area contributed by atoms with Gasteiger partial charge in [0.1, 0.15) is 6.04 Å². The van der Waals surface area contributed by atoms with E-state index in [0.29, 0.717) is 30.9 Å². The quantitative estimate of drug-likeness (QED) is 0.683. The zero-order chi connectivity index (χ0) is 20.4. The van der Waals surface area contributed by atoms with E-state index in [0.717, 1.165) is 5.56 Å². The molecule has 1 unspecified atom stereocenters. The number of carbonyl (C=O) groups is 1. The summed E-state index contributed by atoms with van der Waals surface area (Å²) in [5, 5.41) is 14.2. The molecular weight excluding hydrogens is 392 g/mol. The number of aromatic nitrogens is 4. The van der Waals surface area contributed by atoms with Crippen molar-refractivity contribution in [1.29, 1.82) is 0 Å². The van der Waals surface area contributed by atoms with Gasteiger partial charge in [0, 0.05) is 24.8 Å². The molecule has 3 aromatic rings. The molecule has 1 saturated heterocycles. The minimum absolute atomic E-state index is 0.191. The third-order valence-electron chi connectivity index (χ3n) is 4.86. The van der Waals surface area contributed by atoms with E-state index in [1.165, 1.54) is 8.99 Å². The summed E-state index contributed by atoms with van der Waals surface area (Å²) in [5.74, 6) is 0.213. The summed E-state index contributed by atoms with van der Waals surface area (Å²) < 4.78 is 28.8. The molecule has 1 aromatic heterocycles. The van der Waals surface area contributed by atoms with E-state index in [1.807, 2.05) is 6.07 Å². The van der Waals surface area contributed by atoms with E-state index in [4.69, 9.17) is 0 Å². The van der Waals surface area contributed by atoms with Gasteiger partial charge in [-0.1, -0.05) is 30.3 Å². The fourth-order valence-corrected chi connectivity index (χ4v) is 5.13. The van der Waals surface area contributed by atoms with Crippen molar-refractivity contribution in [2.45, 2.75) is 23.8 Å². The first-order valence-corrected chi connectivity index (χ1v) is 10.6. The topological polar surface area (TPSA) is 110 Å². The standard InChI is InChI=1S/C19H20N6O3S/c1-24-18(21-22-23-24)14-7-5-8-15(13-14)20-19(26)17-11-6-12-25(17)29(27,28)16-9-3-2-4-10-16/h2-5,7-10,13,17H,6,11-12H2,1H3,(H,20,26). The zero-order valence-corrected chi connectivity index (χ0v) is 16.6. The number of hydrogen-bond donors (Lipinski definition) is 1. The SMILES string of the molecule is Cn1nnnc1-c1cccc(NC(=O)C2CCCN2S(=O)(=O)c2ccccc2)c1. The summed E-state index contributed by atoms with van der Waals surface area (Å²) in [6.07, 6.45) is 1.11. The van der Waals surface area contributed by atoms with Gasteiger partial charge in [-0.25, -0.2) is 13.1 Å². The van der Waals surface area contributed by atoms with Crippen molar-refractivity contribution >= 4 is 21.6 Å². The van der Waals surface area contributed by atoms with Gasteiger partial charge >= 0.3 is 0 Å². The molecule has 0 radical (unpaired) electrons. The predicted octanol–water partition coefficient (Wildman–Crippen LogP) is 1.67. The summed E-state index contributed by atoms with van der Waals surface area (Å²) >= 11 is 0. The van der Waals surface area contributed by atoms with Crippen LogP contribution in [-0.4, -0.2) is 51.4 Å². The minimum Gasteiger partial charge on any atom is -0.325 e. The summed E-state index contributed by atoms with van der Waals surface area (Å²) in [4.78, 5) is 13.1. The molecule has 0 bridgehead atoms. The van der Waals surface area contributed by atoms with Gasteiger partial charge in [0.05, 0.1) is 4.90 Å². The molecule has 1 aliphatic rings. The Morgan fingerprint density at radius 2 is 1.93 bits per heavy atom. The van der Waals surface area contributed by atoms with E-state index >= 15 is 0 Å². The lowest BCUT2D eigenvalue weighted by atomic mass is 10.1. The average Bonchev–Trinajstić information content (AvgIpc) is 3.38. The normalized spacial score (nSPS) is 17.3. The van der Waals surface area contributed by atoms with Crippen molar-refractivity contribution < 1.29 is 13.2 Å². The Morgan fingerprint density at radius 1 is 1.14 bits per heavy atom. The van der Waals surface area contributed by atoms with Gasteiger partial charge in [-0.15, -0.1) is 5.10 Å². The van der Waals surface area contributed by atoms with Gasteiger partial charge in [0.15, 0.2) is 5.82 Å². The minimum atomic E-state index is -3.73. The first-order valence-electron chi connectivity index (χ1n) is 9.17. The van der Waals surface area contributed by atoms with Crippen molar-refractivity contribution in [2.24, 2.45) is 7.05 Å². The fourth-order valence-electron chi connectivity index (χ4n) is 3.45. The van der Waals surface area contributed by atoms with Gasteiger partial charge < -0.3 is 5.32 Å². The third-order valence-corrected chi connectivity index (χ3v) is 6.79. The Kier molecular flexibility index (Phi) is 5.12. The van der Waals surface area contributed by atoms with Gasteiger partial charge in [-0.3, -0.25) is 4.79 Å². The second kappa shape index (κ2) is 7.72. The number of benzene rings is 2. The van der Waals surface area contributed by atoms with Gasteiger partial charge in [0.2, 0.25) is 15.9 Å². The molecule has 1 N–H and O–H groups in total. The number of sulfonamides is 1. The van der Waals surface area contributed by atoms with Crippen molar-refractivity contribution in [2.75, 3.05) is 11.9 Å². The highest BCUT2D eigenvalue weighted by Gasteiger charge is 2.39. The van der Waals surface area contributed by atoms with Gasteiger partial charge in [0.25, 0.3) is 0 Å². The molecule has 1 fully saturated rings. The highest BCUT2D eigenvalue weighted by Crippen LogP contribution is 2.27. The second-order valence-corrected chi connectivity index (χ2v) is 8.67. The highest BCUT2D eigenvalue weighted by atomic mass is 32.2. The lowest BCUT2D eigenvalue weighted by molar-refractivity contribution is -0.119. The lowest BCUT2D eigenvalue weighted by Crippen LogP contribution is -2.43. The lowest BCUT2D eigenvalue weighted by Gasteiger charge is -2.23. The van der Waals surface area contributed by atoms with E-state index in [2.05, 4.69) is 20.8 Å². The van der Waals surface area contributed by atoms with Crippen LogP contribution in [0.5, 0.6) is 0 Å². The molecule has 2 heterocycles. The number of anilines is 1. The summed E-state index contributed by atoms with van der Waals surface area (Å²) in [7, 11) is -2.00. The van der Waals surface area contributed by atoms with Crippen LogP contribution in [-0.2, 0) is 21.9 Å². The number of amides is 1. The fraction of sp³-hybridized carbons (Fsp3) is 0.263. The van der Waals surface area contributed by atoms with E-state index < -0.39 is 16.1 Å². The van der Waals surface area contributed by atoms with E-state index in [1.54, 1.807) is 55.6 Å². The van der Waals surface area contributed by atoms with Crippen LogP contribution < -0.4 is 5.32 Å². The average molecular weight is 412 g/mol. The number of hydrogen-bond acceptors (Lipinski definition) is 6. The number of carbonyl (C=O) groups excluding carboxylic acids is 1. The molecule has 9 nitrogen and oxygen atoms in total. The molecular formula is C19H20N6O3S. The molecule has 4 rings (SSSR count). The largest absolute Gasteiger partial charge is 0.325 e. The molecule has 1 aliphatic heterocycles. The van der Waals surface area contributed by atoms with Crippen molar-refractivity contribution in [3.8, 4) is 11.4 Å². The van der Waals surface area contributed by atoms with Crippen LogP contribution in [0.3, 0.4) is 0 Å². The molecule has 150 valence electrons. The number of aryl methyl sites for hydroxylation is 1. The maximum Gasteiger partial charge on any atom is 0.243 e. The van der Waals surface area contributed by atoms with Crippen LogP contribution >= 0.6 is 0 Å². The maximum absolute atomic E-state index is 13.0. The Hall–Kier alpha value is -3.11. The molecule has 10 heteroatoms. The summed E-state index contributed by atoms with van der Waals surface area (Å²) in [6.45, 7) is 0.319. The first kappa shape index (κ1) is 19.2. The summed E-state index contributed by atoms with van der Waals surface area (Å²) in [6, 6.07) is 14.6. The maximum atomic E-state index is 13.0. The Balaban J connectivity index is 1.55. The first-order chi connectivity index (χ1) is 14.0. The Labute approximate surface area is 168 Å². The molecule has 1 amide bonds. The molecule has 29 heavy (non-hydrogen) atoms. The molecule has 0 saturated carbocycles. The van der Waals surface area contributed by atoms with Crippen molar-refractivity contribution in [3.05, 3.63) is 54.6 Å². The predicted molar refractivity (Wildman–Crippen MR) is 106 cm³/mol. The molecule has 0 spiro atoms. The smallest absolute Gasteiger partial charge is 0.243 e. The number of tetrazole rings is 1. The highest BCUT2D eigenvalue weighted by molar-refractivity contribution is 7.89. The third kappa shape index (κ3) is 3.76. The Bertz CT molecular complexity index is 1130. The van der Waals surface area contributed by atoms with Gasteiger partial charge in [-0.05, 0) is 47.5 Å². The number of nitrogens with one attached hydrogen (secondary N) is 1. The molecule has 2 aromatic carbocycles. The van der Waals surface area contributed by atoms with Crippen LogP contribution in [0.4, 0.5) is 5.69 Å². The molecule has 0 aliphatic carbocycles. The Morgan fingerprint density at radius 3 is 2.66 bits per heavy atom. The van der Waals surface area contributed by atoms with Gasteiger partial charge in [-0.2, -0.15) is 4.31 Å². The zero-order valence-electron chi connectivity index (χ0n) is 15.8. The monoisotopic (exact) mass is 412 g/mol. The van der Waals surface area contributed by atoms with Crippen LogP contribution in [0.15, 0.2) is 59.5 Å². The van der Waals surface area contributed by atoms with Crippen LogP contribution in [0, 0.1) is 0 Å². The van der Waals surface area contributed by atoms with Crippen LogP contribution in [0.25, 0.3) is 11.4 Å².